The van der Waals surface area contributed by atoms with Crippen molar-refractivity contribution in [2.45, 2.75) is 39.0 Å². The average Bonchev–Trinajstić information content (AvgIpc) is 2.35. The second kappa shape index (κ2) is 8.20. The number of aliphatic hydroxyl groups excluding tert-OH is 1. The van der Waals surface area contributed by atoms with Gasteiger partial charge in [0, 0.05) is 22.6 Å². The number of rotatable bonds is 7. The van der Waals surface area contributed by atoms with Crippen LogP contribution in [0.2, 0.25) is 10.0 Å². The number of benzene rings is 1. The number of hydrogen-bond acceptors (Lipinski definition) is 3. The maximum atomic E-state index is 9.96. The zero-order chi connectivity index (χ0) is 15.3. The SMILES string of the molecule is CC(C)OCC(O)CN(C)C(C)c1ccc(Cl)cc1Cl. The van der Waals surface area contributed by atoms with Gasteiger partial charge in [-0.05, 0) is 45.5 Å². The van der Waals surface area contributed by atoms with E-state index in [1.165, 1.54) is 0 Å². The Morgan fingerprint density at radius 3 is 2.45 bits per heavy atom. The van der Waals surface area contributed by atoms with E-state index in [2.05, 4.69) is 0 Å². The molecular weight excluding hydrogens is 297 g/mol. The molecule has 2 atom stereocenters. The Bertz CT molecular complexity index is 426. The Hall–Kier alpha value is -0.320. The minimum Gasteiger partial charge on any atom is -0.389 e. The highest BCUT2D eigenvalue weighted by Gasteiger charge is 2.18. The number of hydrogen-bond donors (Lipinski definition) is 1. The topological polar surface area (TPSA) is 32.7 Å². The Labute approximate surface area is 131 Å². The largest absolute Gasteiger partial charge is 0.389 e. The molecule has 0 aliphatic heterocycles. The summed E-state index contributed by atoms with van der Waals surface area (Å²) in [4.78, 5) is 2.05. The molecule has 5 heteroatoms. The van der Waals surface area contributed by atoms with Crippen molar-refractivity contribution in [1.29, 1.82) is 0 Å². The third-order valence-electron chi connectivity index (χ3n) is 3.19. The van der Waals surface area contributed by atoms with E-state index in [1.54, 1.807) is 6.07 Å². The molecule has 0 saturated heterocycles. The Morgan fingerprint density at radius 2 is 1.90 bits per heavy atom. The Kier molecular flexibility index (Phi) is 7.27. The highest BCUT2D eigenvalue weighted by Crippen LogP contribution is 2.29. The van der Waals surface area contributed by atoms with Crippen LogP contribution in [0.3, 0.4) is 0 Å². The first-order chi connectivity index (χ1) is 9.31. The summed E-state index contributed by atoms with van der Waals surface area (Å²) in [6, 6.07) is 5.57. The van der Waals surface area contributed by atoms with Gasteiger partial charge in [0.15, 0.2) is 0 Å². The molecule has 0 aliphatic rings. The van der Waals surface area contributed by atoms with E-state index in [1.807, 2.05) is 44.9 Å². The summed E-state index contributed by atoms with van der Waals surface area (Å²) in [7, 11) is 1.95. The molecule has 1 aromatic rings. The van der Waals surface area contributed by atoms with Crippen LogP contribution >= 0.6 is 23.2 Å². The van der Waals surface area contributed by atoms with Gasteiger partial charge in [0.2, 0.25) is 0 Å². The van der Waals surface area contributed by atoms with Crippen molar-refractivity contribution in [2.75, 3.05) is 20.2 Å². The van der Waals surface area contributed by atoms with Crippen molar-refractivity contribution in [3.8, 4) is 0 Å². The van der Waals surface area contributed by atoms with Crippen LogP contribution in [0.15, 0.2) is 18.2 Å². The van der Waals surface area contributed by atoms with Gasteiger partial charge in [-0.15, -0.1) is 0 Å². The van der Waals surface area contributed by atoms with E-state index in [-0.39, 0.29) is 12.1 Å². The molecule has 1 aromatic carbocycles. The van der Waals surface area contributed by atoms with Gasteiger partial charge >= 0.3 is 0 Å². The van der Waals surface area contributed by atoms with Gasteiger partial charge in [-0.1, -0.05) is 29.3 Å². The molecular formula is C15H23Cl2NO2. The van der Waals surface area contributed by atoms with Crippen LogP contribution < -0.4 is 0 Å². The number of ether oxygens (including phenoxy) is 1. The van der Waals surface area contributed by atoms with E-state index >= 15 is 0 Å². The molecule has 0 heterocycles. The number of aliphatic hydroxyl groups is 1. The maximum Gasteiger partial charge on any atom is 0.0900 e. The van der Waals surface area contributed by atoms with E-state index in [9.17, 15) is 5.11 Å². The summed E-state index contributed by atoms with van der Waals surface area (Å²) in [5.74, 6) is 0. The maximum absolute atomic E-state index is 9.96. The summed E-state index contributed by atoms with van der Waals surface area (Å²) in [6.07, 6.45) is -0.394. The molecule has 2 unspecified atom stereocenters. The van der Waals surface area contributed by atoms with Crippen molar-refractivity contribution >= 4 is 23.2 Å². The van der Waals surface area contributed by atoms with Crippen molar-refractivity contribution < 1.29 is 9.84 Å². The summed E-state index contributed by atoms with van der Waals surface area (Å²) >= 11 is 12.1. The van der Waals surface area contributed by atoms with Crippen LogP contribution in [-0.4, -0.2) is 42.4 Å². The van der Waals surface area contributed by atoms with Crippen LogP contribution in [0.5, 0.6) is 0 Å². The van der Waals surface area contributed by atoms with Crippen molar-refractivity contribution in [2.24, 2.45) is 0 Å². The standard InChI is InChI=1S/C15H23Cl2NO2/c1-10(2)20-9-13(19)8-18(4)11(3)14-6-5-12(16)7-15(14)17/h5-7,10-11,13,19H,8-9H2,1-4H3. The van der Waals surface area contributed by atoms with Gasteiger partial charge in [-0.3, -0.25) is 4.90 Å². The van der Waals surface area contributed by atoms with Crippen LogP contribution in [0.1, 0.15) is 32.4 Å². The summed E-state index contributed by atoms with van der Waals surface area (Å²) in [6.45, 7) is 6.81. The van der Waals surface area contributed by atoms with Crippen molar-refractivity contribution in [1.82, 2.24) is 4.90 Å². The van der Waals surface area contributed by atoms with Crippen LogP contribution in [-0.2, 0) is 4.74 Å². The highest BCUT2D eigenvalue weighted by molar-refractivity contribution is 6.35. The predicted octanol–water partition coefficient (Wildman–Crippen LogP) is 3.77. The quantitative estimate of drug-likeness (QED) is 0.830. The molecule has 0 radical (unpaired) electrons. The first-order valence-corrected chi connectivity index (χ1v) is 7.51. The lowest BCUT2D eigenvalue weighted by molar-refractivity contribution is -0.00948. The van der Waals surface area contributed by atoms with Gasteiger partial charge in [0.25, 0.3) is 0 Å². The monoisotopic (exact) mass is 319 g/mol. The van der Waals surface area contributed by atoms with Crippen LogP contribution in [0, 0.1) is 0 Å². The molecule has 0 saturated carbocycles. The number of likely N-dealkylation sites (N-methyl/N-ethyl adjacent to an activating group) is 1. The first-order valence-electron chi connectivity index (χ1n) is 6.76. The summed E-state index contributed by atoms with van der Waals surface area (Å²) in [5.41, 5.74) is 0.996. The third kappa shape index (κ3) is 5.58. The molecule has 0 amide bonds. The molecule has 0 fully saturated rings. The molecule has 0 aliphatic carbocycles. The lowest BCUT2D eigenvalue weighted by atomic mass is 10.1. The molecule has 3 nitrogen and oxygen atoms in total. The molecule has 20 heavy (non-hydrogen) atoms. The van der Waals surface area contributed by atoms with Crippen molar-refractivity contribution in [3.63, 3.8) is 0 Å². The van der Waals surface area contributed by atoms with Crippen molar-refractivity contribution in [3.05, 3.63) is 33.8 Å². The Balaban J connectivity index is 2.60. The smallest absolute Gasteiger partial charge is 0.0900 e. The van der Waals surface area contributed by atoms with Crippen LogP contribution in [0.4, 0.5) is 0 Å². The lowest BCUT2D eigenvalue weighted by Gasteiger charge is -2.28. The second-order valence-electron chi connectivity index (χ2n) is 5.32. The normalized spacial score (nSPS) is 14.8. The second-order valence-corrected chi connectivity index (χ2v) is 6.16. The Morgan fingerprint density at radius 1 is 1.25 bits per heavy atom. The zero-order valence-corrected chi connectivity index (χ0v) is 13.9. The number of halogens is 2. The van der Waals surface area contributed by atoms with Gasteiger partial charge in [0.1, 0.15) is 0 Å². The van der Waals surface area contributed by atoms with Gasteiger partial charge < -0.3 is 9.84 Å². The lowest BCUT2D eigenvalue weighted by Crippen LogP contribution is -2.34. The molecule has 1 rings (SSSR count). The van der Waals surface area contributed by atoms with Gasteiger partial charge in [0.05, 0.1) is 18.8 Å². The fourth-order valence-corrected chi connectivity index (χ4v) is 2.49. The van der Waals surface area contributed by atoms with E-state index in [0.29, 0.717) is 23.2 Å². The molecule has 0 bridgehead atoms. The van der Waals surface area contributed by atoms with Gasteiger partial charge in [-0.2, -0.15) is 0 Å². The van der Waals surface area contributed by atoms with Gasteiger partial charge in [-0.25, -0.2) is 0 Å². The fraction of sp³-hybridized carbons (Fsp3) is 0.600. The average molecular weight is 320 g/mol. The molecule has 0 aromatic heterocycles. The third-order valence-corrected chi connectivity index (χ3v) is 3.76. The predicted molar refractivity (Wildman–Crippen MR) is 84.6 cm³/mol. The first kappa shape index (κ1) is 17.7. The number of nitrogens with zero attached hydrogens (tertiary/aromatic N) is 1. The molecule has 0 spiro atoms. The van der Waals surface area contributed by atoms with E-state index in [0.717, 1.165) is 5.56 Å². The van der Waals surface area contributed by atoms with Crippen LogP contribution in [0.25, 0.3) is 0 Å². The highest BCUT2D eigenvalue weighted by atomic mass is 35.5. The minimum absolute atomic E-state index is 0.0912. The zero-order valence-electron chi connectivity index (χ0n) is 12.4. The minimum atomic E-state index is -0.518. The summed E-state index contributed by atoms with van der Waals surface area (Å²) in [5, 5.41) is 11.2. The molecule has 114 valence electrons. The van der Waals surface area contributed by atoms with E-state index in [4.69, 9.17) is 27.9 Å². The van der Waals surface area contributed by atoms with E-state index < -0.39 is 6.10 Å². The summed E-state index contributed by atoms with van der Waals surface area (Å²) < 4.78 is 5.41. The molecule has 1 N–H and O–H groups in total. The fourth-order valence-electron chi connectivity index (χ4n) is 1.92.